The fraction of sp³-hybridized carbons (Fsp3) is 0.600. The number of rotatable bonds is 4. The molecule has 7 heteroatoms. The fourth-order valence-corrected chi connectivity index (χ4v) is 6.30. The Morgan fingerprint density at radius 2 is 2.29 bits per heavy atom. The maximum Gasteiger partial charge on any atom is 0.250 e. The summed E-state index contributed by atoms with van der Waals surface area (Å²) in [6.07, 6.45) is 2.25. The van der Waals surface area contributed by atoms with Crippen molar-refractivity contribution < 1.29 is 8.42 Å². The molecule has 0 saturated carbocycles. The van der Waals surface area contributed by atoms with Gasteiger partial charge in [0.2, 0.25) is 10.0 Å². The summed E-state index contributed by atoms with van der Waals surface area (Å²) < 4.78 is 28.0. The topological polar surface area (TPSA) is 46.2 Å². The number of thioether (sulfide) groups is 1. The molecule has 96 valence electrons. The average molecular weight is 356 g/mol. The highest BCUT2D eigenvalue weighted by Gasteiger charge is 2.31. The van der Waals surface area contributed by atoms with Gasteiger partial charge in [-0.3, -0.25) is 0 Å². The van der Waals surface area contributed by atoms with Crippen LogP contribution in [0.4, 0.5) is 0 Å². The van der Waals surface area contributed by atoms with Gasteiger partial charge in [-0.25, -0.2) is 13.1 Å². The molecule has 0 spiro atoms. The Balaban J connectivity index is 2.03. The minimum Gasteiger partial charge on any atom is -0.209 e. The molecule has 2 rings (SSSR count). The van der Waals surface area contributed by atoms with Gasteiger partial charge in [0.15, 0.2) is 0 Å². The maximum atomic E-state index is 12.0. The van der Waals surface area contributed by atoms with E-state index in [1.807, 2.05) is 11.8 Å². The third-order valence-corrected chi connectivity index (χ3v) is 7.80. The van der Waals surface area contributed by atoms with Crippen LogP contribution in [0.15, 0.2) is 20.1 Å². The smallest absolute Gasteiger partial charge is 0.209 e. The molecule has 0 aliphatic carbocycles. The molecule has 1 aliphatic rings. The summed E-state index contributed by atoms with van der Waals surface area (Å²) in [6, 6.07) is 3.38. The van der Waals surface area contributed by atoms with Gasteiger partial charge < -0.3 is 0 Å². The zero-order valence-corrected chi connectivity index (χ0v) is 13.4. The van der Waals surface area contributed by atoms with Crippen LogP contribution in [0, 0.1) is 0 Å². The molecule has 17 heavy (non-hydrogen) atoms. The molecule has 3 nitrogen and oxygen atoms in total. The quantitative estimate of drug-likeness (QED) is 0.902. The molecule has 2 heterocycles. The normalized spacial score (nSPS) is 25.3. The van der Waals surface area contributed by atoms with Crippen LogP contribution < -0.4 is 4.72 Å². The van der Waals surface area contributed by atoms with E-state index in [2.05, 4.69) is 27.6 Å². The van der Waals surface area contributed by atoms with Crippen LogP contribution in [-0.4, -0.2) is 25.5 Å². The first-order chi connectivity index (χ1) is 7.91. The zero-order valence-electron chi connectivity index (χ0n) is 9.40. The van der Waals surface area contributed by atoms with E-state index in [1.54, 1.807) is 12.1 Å². The van der Waals surface area contributed by atoms with Gasteiger partial charge in [-0.2, -0.15) is 11.8 Å². The van der Waals surface area contributed by atoms with Gasteiger partial charge in [0, 0.05) is 11.3 Å². The summed E-state index contributed by atoms with van der Waals surface area (Å²) in [7, 11) is -3.34. The number of nitrogens with one attached hydrogen (secondary N) is 1. The van der Waals surface area contributed by atoms with Crippen LogP contribution >= 0.6 is 39.0 Å². The van der Waals surface area contributed by atoms with Crippen LogP contribution in [0.5, 0.6) is 0 Å². The monoisotopic (exact) mass is 355 g/mol. The molecule has 1 atom stereocenters. The van der Waals surface area contributed by atoms with Crippen LogP contribution in [0.25, 0.3) is 0 Å². The SMILES string of the molecule is CC1(CNS(=O)(=O)c2ccc(Br)s2)CCCS1. The van der Waals surface area contributed by atoms with E-state index >= 15 is 0 Å². The molecule has 1 saturated heterocycles. The molecule has 0 aromatic carbocycles. The average Bonchev–Trinajstić information content (AvgIpc) is 2.86. The lowest BCUT2D eigenvalue weighted by atomic mass is 10.1. The van der Waals surface area contributed by atoms with Gasteiger partial charge >= 0.3 is 0 Å². The predicted octanol–water partition coefficient (Wildman–Crippen LogP) is 3.07. The van der Waals surface area contributed by atoms with E-state index in [9.17, 15) is 8.42 Å². The Kier molecular flexibility index (Phi) is 4.24. The third kappa shape index (κ3) is 3.47. The van der Waals surface area contributed by atoms with E-state index in [-0.39, 0.29) is 4.75 Å². The van der Waals surface area contributed by atoms with Crippen molar-refractivity contribution in [3.05, 3.63) is 15.9 Å². The van der Waals surface area contributed by atoms with Gasteiger partial charge in [-0.15, -0.1) is 11.3 Å². The van der Waals surface area contributed by atoms with Gasteiger partial charge in [-0.05, 0) is 53.6 Å². The maximum absolute atomic E-state index is 12.0. The minimum absolute atomic E-state index is 0.0571. The lowest BCUT2D eigenvalue weighted by molar-refractivity contribution is 0.554. The van der Waals surface area contributed by atoms with Crippen LogP contribution in [-0.2, 0) is 10.0 Å². The molecule has 1 aliphatic heterocycles. The second-order valence-corrected chi connectivity index (χ2v) is 10.4. The highest BCUT2D eigenvalue weighted by atomic mass is 79.9. The first-order valence-electron chi connectivity index (χ1n) is 5.30. The van der Waals surface area contributed by atoms with Crippen molar-refractivity contribution in [2.45, 2.75) is 28.7 Å². The molecule has 1 fully saturated rings. The van der Waals surface area contributed by atoms with Gasteiger partial charge in [0.1, 0.15) is 4.21 Å². The molecule has 1 unspecified atom stereocenters. The largest absolute Gasteiger partial charge is 0.250 e. The first-order valence-corrected chi connectivity index (χ1v) is 9.38. The lowest BCUT2D eigenvalue weighted by Crippen LogP contribution is -2.36. The van der Waals surface area contributed by atoms with E-state index < -0.39 is 10.0 Å². The van der Waals surface area contributed by atoms with Crippen molar-refractivity contribution in [2.75, 3.05) is 12.3 Å². The van der Waals surface area contributed by atoms with Crippen molar-refractivity contribution in [3.8, 4) is 0 Å². The zero-order chi connectivity index (χ0) is 12.5. The number of halogens is 1. The van der Waals surface area contributed by atoms with Crippen LogP contribution in [0.2, 0.25) is 0 Å². The summed E-state index contributed by atoms with van der Waals surface area (Å²) in [5.74, 6) is 1.13. The van der Waals surface area contributed by atoms with Crippen LogP contribution in [0.3, 0.4) is 0 Å². The summed E-state index contributed by atoms with van der Waals surface area (Å²) in [4.78, 5) is 0. The van der Waals surface area contributed by atoms with Crippen molar-refractivity contribution in [1.29, 1.82) is 0 Å². The van der Waals surface area contributed by atoms with E-state index in [1.165, 1.54) is 17.8 Å². The Hall–Kier alpha value is 0.440. The second kappa shape index (κ2) is 5.21. The number of hydrogen-bond acceptors (Lipinski definition) is 4. The Morgan fingerprint density at radius 3 is 2.82 bits per heavy atom. The molecule has 0 amide bonds. The van der Waals surface area contributed by atoms with Crippen molar-refractivity contribution in [3.63, 3.8) is 0 Å². The molecule has 1 aromatic rings. The molecular formula is C10H14BrNO2S3. The molecule has 1 N–H and O–H groups in total. The second-order valence-electron chi connectivity index (χ2n) is 4.29. The Morgan fingerprint density at radius 1 is 1.53 bits per heavy atom. The van der Waals surface area contributed by atoms with Crippen molar-refractivity contribution >= 4 is 49.1 Å². The first kappa shape index (κ1) is 13.9. The summed E-state index contributed by atoms with van der Waals surface area (Å²) >= 11 is 6.36. The number of hydrogen-bond donors (Lipinski definition) is 1. The summed E-state index contributed by atoms with van der Waals surface area (Å²) in [5.41, 5.74) is 0. The Labute approximate surface area is 119 Å². The van der Waals surface area contributed by atoms with Crippen molar-refractivity contribution in [2.24, 2.45) is 0 Å². The summed E-state index contributed by atoms with van der Waals surface area (Å²) in [5, 5.41) is 0. The standard InChI is InChI=1S/C10H14BrNO2S3/c1-10(5-2-6-15-10)7-12-17(13,14)9-4-3-8(11)16-9/h3-4,12H,2,5-7H2,1H3. The van der Waals surface area contributed by atoms with E-state index in [0.29, 0.717) is 10.8 Å². The van der Waals surface area contributed by atoms with Crippen LogP contribution in [0.1, 0.15) is 19.8 Å². The Bertz CT molecular complexity index is 491. The third-order valence-electron chi connectivity index (χ3n) is 2.75. The lowest BCUT2D eigenvalue weighted by Gasteiger charge is -2.22. The molecule has 0 bridgehead atoms. The molecule has 1 aromatic heterocycles. The highest BCUT2D eigenvalue weighted by Crippen LogP contribution is 2.37. The van der Waals surface area contributed by atoms with E-state index in [4.69, 9.17) is 0 Å². The van der Waals surface area contributed by atoms with E-state index in [0.717, 1.165) is 16.0 Å². The molecule has 0 radical (unpaired) electrons. The number of thiophene rings is 1. The molecular weight excluding hydrogens is 342 g/mol. The highest BCUT2D eigenvalue weighted by molar-refractivity contribution is 9.11. The fourth-order valence-electron chi connectivity index (χ4n) is 1.74. The van der Waals surface area contributed by atoms with Gasteiger partial charge in [0.25, 0.3) is 0 Å². The van der Waals surface area contributed by atoms with Gasteiger partial charge in [0.05, 0.1) is 3.79 Å². The van der Waals surface area contributed by atoms with Crippen molar-refractivity contribution in [1.82, 2.24) is 4.72 Å². The number of sulfonamides is 1. The minimum atomic E-state index is -3.34. The predicted molar refractivity (Wildman–Crippen MR) is 77.3 cm³/mol. The summed E-state index contributed by atoms with van der Waals surface area (Å²) in [6.45, 7) is 2.63. The van der Waals surface area contributed by atoms with Gasteiger partial charge in [-0.1, -0.05) is 0 Å².